The average molecular weight is 314 g/mol. The van der Waals surface area contributed by atoms with Gasteiger partial charge in [-0.2, -0.15) is 4.31 Å². The maximum atomic E-state index is 12.9. The summed E-state index contributed by atoms with van der Waals surface area (Å²) in [7, 11) is -3.59. The number of nitrogens with zero attached hydrogens (tertiary/aromatic N) is 2. The van der Waals surface area contributed by atoms with Crippen molar-refractivity contribution >= 4 is 10.0 Å². The summed E-state index contributed by atoms with van der Waals surface area (Å²) in [6.45, 7) is 6.57. The number of hydrogen-bond donors (Lipinski definition) is 2. The van der Waals surface area contributed by atoms with E-state index in [4.69, 9.17) is 5.73 Å². The molecule has 21 heavy (non-hydrogen) atoms. The number of hydrogen-bond acceptors (Lipinski definition) is 4. The van der Waals surface area contributed by atoms with Crippen LogP contribution in [0.15, 0.2) is 11.2 Å². The molecule has 1 fully saturated rings. The van der Waals surface area contributed by atoms with Gasteiger partial charge >= 0.3 is 0 Å². The largest absolute Gasteiger partial charge is 0.332 e. The van der Waals surface area contributed by atoms with E-state index in [0.717, 1.165) is 25.7 Å². The second kappa shape index (κ2) is 6.06. The summed E-state index contributed by atoms with van der Waals surface area (Å²) in [5, 5.41) is 0.160. The molecule has 7 heteroatoms. The molecule has 1 aliphatic rings. The fourth-order valence-corrected chi connectivity index (χ4v) is 5.34. The van der Waals surface area contributed by atoms with Gasteiger partial charge in [-0.25, -0.2) is 13.4 Å². The zero-order valence-electron chi connectivity index (χ0n) is 13.1. The van der Waals surface area contributed by atoms with Crippen LogP contribution in [0.5, 0.6) is 0 Å². The highest BCUT2D eigenvalue weighted by Crippen LogP contribution is 2.38. The average Bonchev–Trinajstić information content (AvgIpc) is 2.86. The predicted molar refractivity (Wildman–Crippen MR) is 82.3 cm³/mol. The van der Waals surface area contributed by atoms with Crippen molar-refractivity contribution in [3.05, 3.63) is 12.0 Å². The van der Waals surface area contributed by atoms with E-state index in [1.165, 1.54) is 6.20 Å². The molecule has 0 radical (unpaired) electrons. The minimum atomic E-state index is -3.59. The fourth-order valence-electron chi connectivity index (χ4n) is 3.55. The quantitative estimate of drug-likeness (QED) is 0.864. The van der Waals surface area contributed by atoms with Gasteiger partial charge in [0.2, 0.25) is 0 Å². The second-order valence-electron chi connectivity index (χ2n) is 6.13. The highest BCUT2D eigenvalue weighted by molar-refractivity contribution is 7.89. The van der Waals surface area contributed by atoms with Crippen LogP contribution in [-0.4, -0.2) is 41.3 Å². The van der Waals surface area contributed by atoms with Gasteiger partial charge in [-0.1, -0.05) is 26.7 Å². The lowest BCUT2D eigenvalue weighted by Gasteiger charge is -2.46. The van der Waals surface area contributed by atoms with E-state index in [1.54, 1.807) is 11.2 Å². The highest BCUT2D eigenvalue weighted by Gasteiger charge is 2.45. The van der Waals surface area contributed by atoms with Crippen molar-refractivity contribution in [1.82, 2.24) is 14.3 Å². The van der Waals surface area contributed by atoms with E-state index in [0.29, 0.717) is 24.8 Å². The molecule has 0 bridgehead atoms. The molecule has 0 aromatic carbocycles. The van der Waals surface area contributed by atoms with Crippen LogP contribution < -0.4 is 5.73 Å². The van der Waals surface area contributed by atoms with Crippen LogP contribution >= 0.6 is 0 Å². The van der Waals surface area contributed by atoms with Crippen LogP contribution in [0.1, 0.15) is 45.4 Å². The summed E-state index contributed by atoms with van der Waals surface area (Å²) >= 11 is 0. The number of nitrogens with two attached hydrogens (primary N) is 1. The monoisotopic (exact) mass is 314 g/mol. The number of sulfonamides is 1. The van der Waals surface area contributed by atoms with E-state index in [2.05, 4.69) is 16.9 Å². The van der Waals surface area contributed by atoms with Crippen LogP contribution in [0.4, 0.5) is 0 Å². The number of likely N-dealkylation sites (N-methyl/N-ethyl adjacent to an activating group) is 1. The van der Waals surface area contributed by atoms with Crippen LogP contribution in [0.2, 0.25) is 0 Å². The molecule has 1 saturated carbocycles. The summed E-state index contributed by atoms with van der Waals surface area (Å²) in [5.74, 6) is 1.10. The van der Waals surface area contributed by atoms with Crippen LogP contribution in [0.3, 0.4) is 0 Å². The van der Waals surface area contributed by atoms with Gasteiger partial charge in [0, 0.05) is 18.6 Å². The number of H-pyrrole nitrogens is 1. The molecular weight excluding hydrogens is 288 g/mol. The first-order valence-electron chi connectivity index (χ1n) is 7.60. The molecule has 120 valence electrons. The standard InChI is InChI=1S/C14H26N4O2S/c1-4-18(14(10-15)7-5-6-11(2)8-14)21(19,20)13-9-16-12(3)17-13/h9,11H,4-8,10,15H2,1-3H3,(H,16,17). The molecule has 2 rings (SSSR count). The molecule has 0 amide bonds. The molecule has 2 unspecified atom stereocenters. The minimum absolute atomic E-state index is 0.160. The number of aromatic nitrogens is 2. The summed E-state index contributed by atoms with van der Waals surface area (Å²) in [6, 6.07) is 0. The first-order valence-corrected chi connectivity index (χ1v) is 9.04. The van der Waals surface area contributed by atoms with E-state index in [-0.39, 0.29) is 5.03 Å². The van der Waals surface area contributed by atoms with E-state index in [9.17, 15) is 8.42 Å². The molecule has 1 aromatic heterocycles. The molecule has 6 nitrogen and oxygen atoms in total. The Labute approximate surface area is 127 Å². The van der Waals surface area contributed by atoms with Crippen LogP contribution in [-0.2, 0) is 10.0 Å². The molecule has 0 saturated heterocycles. The zero-order valence-corrected chi connectivity index (χ0v) is 13.9. The third-order valence-electron chi connectivity index (χ3n) is 4.51. The van der Waals surface area contributed by atoms with Crippen molar-refractivity contribution in [2.24, 2.45) is 11.7 Å². The summed E-state index contributed by atoms with van der Waals surface area (Å²) < 4.78 is 27.5. The lowest BCUT2D eigenvalue weighted by Crippen LogP contribution is -2.58. The summed E-state index contributed by atoms with van der Waals surface area (Å²) in [4.78, 5) is 6.86. The van der Waals surface area contributed by atoms with E-state index >= 15 is 0 Å². The van der Waals surface area contributed by atoms with Gasteiger partial charge in [0.05, 0.1) is 6.20 Å². The van der Waals surface area contributed by atoms with Crippen molar-refractivity contribution in [2.75, 3.05) is 13.1 Å². The lowest BCUT2D eigenvalue weighted by molar-refractivity contribution is 0.112. The number of rotatable bonds is 5. The van der Waals surface area contributed by atoms with Gasteiger partial charge in [0.25, 0.3) is 10.0 Å². The molecule has 3 N–H and O–H groups in total. The number of imidazole rings is 1. The maximum absolute atomic E-state index is 12.9. The van der Waals surface area contributed by atoms with Crippen molar-refractivity contribution < 1.29 is 8.42 Å². The van der Waals surface area contributed by atoms with Crippen molar-refractivity contribution in [2.45, 2.75) is 57.0 Å². The minimum Gasteiger partial charge on any atom is -0.332 e. The summed E-state index contributed by atoms with van der Waals surface area (Å²) in [6.07, 6.45) is 5.20. The lowest BCUT2D eigenvalue weighted by atomic mass is 9.76. The van der Waals surface area contributed by atoms with Gasteiger partial charge < -0.3 is 10.7 Å². The van der Waals surface area contributed by atoms with Crippen molar-refractivity contribution in [3.63, 3.8) is 0 Å². The second-order valence-corrected chi connectivity index (χ2v) is 7.96. The third kappa shape index (κ3) is 3.00. The topological polar surface area (TPSA) is 92.1 Å². The SMILES string of the molecule is CCN(C1(CN)CCCC(C)C1)S(=O)(=O)c1cnc(C)[nH]1. The third-order valence-corrected chi connectivity index (χ3v) is 6.50. The number of nitrogens with one attached hydrogen (secondary N) is 1. The molecule has 1 aromatic rings. The predicted octanol–water partition coefficient (Wildman–Crippen LogP) is 1.64. The Balaban J connectivity index is 2.41. The Bertz CT molecular complexity index is 584. The van der Waals surface area contributed by atoms with E-state index in [1.807, 2.05) is 6.92 Å². The number of aryl methyl sites for hydroxylation is 1. The van der Waals surface area contributed by atoms with Gasteiger partial charge in [-0.15, -0.1) is 0 Å². The van der Waals surface area contributed by atoms with Crippen molar-refractivity contribution in [3.8, 4) is 0 Å². The highest BCUT2D eigenvalue weighted by atomic mass is 32.2. The first kappa shape index (κ1) is 16.5. The van der Waals surface area contributed by atoms with Gasteiger partial charge in [-0.3, -0.25) is 0 Å². The molecular formula is C14H26N4O2S. The van der Waals surface area contributed by atoms with Gasteiger partial charge in [-0.05, 0) is 25.7 Å². The van der Waals surface area contributed by atoms with Gasteiger partial charge in [0.1, 0.15) is 5.82 Å². The molecule has 1 heterocycles. The van der Waals surface area contributed by atoms with Crippen LogP contribution in [0, 0.1) is 12.8 Å². The Hall–Kier alpha value is -0.920. The smallest absolute Gasteiger partial charge is 0.260 e. The molecule has 0 spiro atoms. The molecule has 0 aliphatic heterocycles. The molecule has 2 atom stereocenters. The maximum Gasteiger partial charge on any atom is 0.260 e. The summed E-state index contributed by atoms with van der Waals surface area (Å²) in [5.41, 5.74) is 5.56. The Morgan fingerprint density at radius 3 is 2.76 bits per heavy atom. The first-order chi connectivity index (χ1) is 9.85. The van der Waals surface area contributed by atoms with Crippen molar-refractivity contribution in [1.29, 1.82) is 0 Å². The normalized spacial score (nSPS) is 27.2. The Morgan fingerprint density at radius 2 is 2.29 bits per heavy atom. The Kier molecular flexibility index (Phi) is 4.75. The zero-order chi connectivity index (χ0) is 15.7. The fraction of sp³-hybridized carbons (Fsp3) is 0.786. The molecule has 1 aliphatic carbocycles. The van der Waals surface area contributed by atoms with Crippen LogP contribution in [0.25, 0.3) is 0 Å². The Morgan fingerprint density at radius 1 is 1.57 bits per heavy atom. The van der Waals surface area contributed by atoms with Gasteiger partial charge in [0.15, 0.2) is 5.03 Å². The van der Waals surface area contributed by atoms with E-state index < -0.39 is 15.6 Å². The number of aromatic amines is 1.